The van der Waals surface area contributed by atoms with Crippen LogP contribution in [0, 0.1) is 11.6 Å². The van der Waals surface area contributed by atoms with Crippen molar-refractivity contribution in [2.75, 3.05) is 13.2 Å². The average molecular weight is 385 g/mol. The van der Waals surface area contributed by atoms with Crippen molar-refractivity contribution in [2.24, 2.45) is 0 Å². The van der Waals surface area contributed by atoms with Crippen LogP contribution in [0.15, 0.2) is 48.7 Å². The second kappa shape index (κ2) is 7.64. The van der Waals surface area contributed by atoms with Crippen molar-refractivity contribution in [3.63, 3.8) is 0 Å². The normalized spacial score (nSPS) is 15.5. The summed E-state index contributed by atoms with van der Waals surface area (Å²) in [5.41, 5.74) is 3.23. The predicted octanol–water partition coefficient (Wildman–Crippen LogP) is 3.72. The fourth-order valence-electron chi connectivity index (χ4n) is 3.80. The summed E-state index contributed by atoms with van der Waals surface area (Å²) >= 11 is 0. The number of halogens is 2. The molecule has 1 aliphatic heterocycles. The SMILES string of the molecule is CCOc1cc2c(cc1OCC)-n1cccc1C(c1cccc(F)c1F)[NH2+]C2. The lowest BCUT2D eigenvalue weighted by atomic mass is 10.0. The molecular weight excluding hydrogens is 362 g/mol. The molecule has 0 saturated carbocycles. The molecule has 28 heavy (non-hydrogen) atoms. The first-order valence-corrected chi connectivity index (χ1v) is 9.51. The van der Waals surface area contributed by atoms with E-state index in [4.69, 9.17) is 9.47 Å². The molecule has 6 heteroatoms. The number of ether oxygens (including phenoxy) is 2. The summed E-state index contributed by atoms with van der Waals surface area (Å²) in [6.07, 6.45) is 1.94. The minimum atomic E-state index is -0.831. The molecule has 1 aromatic heterocycles. The molecule has 0 saturated heterocycles. The Labute approximate surface area is 162 Å². The number of hydrogen-bond acceptors (Lipinski definition) is 2. The Bertz CT molecular complexity index is 1000. The van der Waals surface area contributed by atoms with Gasteiger partial charge in [-0.15, -0.1) is 0 Å². The van der Waals surface area contributed by atoms with E-state index in [-0.39, 0.29) is 6.04 Å². The van der Waals surface area contributed by atoms with Gasteiger partial charge in [-0.2, -0.15) is 0 Å². The zero-order valence-electron chi connectivity index (χ0n) is 15.9. The van der Waals surface area contributed by atoms with Crippen molar-refractivity contribution in [1.82, 2.24) is 4.57 Å². The molecule has 0 fully saturated rings. The maximum atomic E-state index is 14.5. The summed E-state index contributed by atoms with van der Waals surface area (Å²) in [7, 11) is 0. The maximum absolute atomic E-state index is 14.5. The van der Waals surface area contributed by atoms with Crippen LogP contribution in [0.2, 0.25) is 0 Å². The Kier molecular flexibility index (Phi) is 5.05. The van der Waals surface area contributed by atoms with E-state index in [2.05, 4.69) is 0 Å². The molecule has 2 N–H and O–H groups in total. The minimum Gasteiger partial charge on any atom is -0.490 e. The highest BCUT2D eigenvalue weighted by atomic mass is 19.2. The molecule has 1 aliphatic rings. The van der Waals surface area contributed by atoms with Gasteiger partial charge in [-0.25, -0.2) is 8.78 Å². The van der Waals surface area contributed by atoms with Gasteiger partial charge in [0.2, 0.25) is 0 Å². The second-order valence-corrected chi connectivity index (χ2v) is 6.66. The predicted molar refractivity (Wildman–Crippen MR) is 102 cm³/mol. The van der Waals surface area contributed by atoms with E-state index < -0.39 is 11.6 Å². The average Bonchev–Trinajstić information content (AvgIpc) is 3.11. The summed E-state index contributed by atoms with van der Waals surface area (Å²) in [6, 6.07) is 11.8. The molecule has 1 atom stereocenters. The first-order chi connectivity index (χ1) is 13.6. The standard InChI is InChI=1S/C22H22F2N2O2/c1-3-27-19-11-14-13-25-22(15-7-5-8-16(23)21(15)24)17-9-6-10-26(17)18(14)12-20(19)28-4-2/h5-12,22,25H,3-4,13H2,1-2H3/p+1. The maximum Gasteiger partial charge on any atom is 0.168 e. The van der Waals surface area contributed by atoms with Gasteiger partial charge in [-0.05, 0) is 44.2 Å². The smallest absolute Gasteiger partial charge is 0.168 e. The molecule has 0 radical (unpaired) electrons. The van der Waals surface area contributed by atoms with Crippen LogP contribution in [0.1, 0.15) is 36.7 Å². The van der Waals surface area contributed by atoms with E-state index in [1.165, 1.54) is 0 Å². The lowest BCUT2D eigenvalue weighted by molar-refractivity contribution is -0.702. The number of nitrogens with zero attached hydrogens (tertiary/aromatic N) is 1. The monoisotopic (exact) mass is 385 g/mol. The van der Waals surface area contributed by atoms with E-state index in [1.807, 2.05) is 54.2 Å². The van der Waals surface area contributed by atoms with Gasteiger partial charge in [0.15, 0.2) is 29.2 Å². The van der Waals surface area contributed by atoms with Crippen LogP contribution < -0.4 is 14.8 Å². The molecule has 0 bridgehead atoms. The van der Waals surface area contributed by atoms with Crippen molar-refractivity contribution < 1.29 is 23.6 Å². The number of rotatable bonds is 5. The van der Waals surface area contributed by atoms with Crippen LogP contribution >= 0.6 is 0 Å². The van der Waals surface area contributed by atoms with Crippen molar-refractivity contribution in [3.8, 4) is 17.2 Å². The number of quaternary nitrogens is 1. The molecule has 4 rings (SSSR count). The highest BCUT2D eigenvalue weighted by molar-refractivity contribution is 5.56. The van der Waals surface area contributed by atoms with E-state index >= 15 is 0 Å². The van der Waals surface area contributed by atoms with Gasteiger partial charge in [-0.3, -0.25) is 0 Å². The Morgan fingerprint density at radius 3 is 2.54 bits per heavy atom. The summed E-state index contributed by atoms with van der Waals surface area (Å²) < 4.78 is 41.9. The highest BCUT2D eigenvalue weighted by Crippen LogP contribution is 2.36. The molecular formula is C22H23F2N2O2+. The van der Waals surface area contributed by atoms with Gasteiger partial charge in [0.1, 0.15) is 6.54 Å². The lowest BCUT2D eigenvalue weighted by Gasteiger charge is -2.16. The molecule has 0 aliphatic carbocycles. The van der Waals surface area contributed by atoms with Gasteiger partial charge in [0.05, 0.1) is 30.2 Å². The third kappa shape index (κ3) is 3.14. The van der Waals surface area contributed by atoms with E-state index in [0.29, 0.717) is 36.8 Å². The van der Waals surface area contributed by atoms with Crippen molar-refractivity contribution in [2.45, 2.75) is 26.4 Å². The van der Waals surface area contributed by atoms with Gasteiger partial charge >= 0.3 is 0 Å². The number of benzene rings is 2. The zero-order chi connectivity index (χ0) is 19.7. The number of hydrogen-bond donors (Lipinski definition) is 1. The summed E-state index contributed by atoms with van der Waals surface area (Å²) in [4.78, 5) is 0. The first kappa shape index (κ1) is 18.5. The number of aromatic nitrogens is 1. The van der Waals surface area contributed by atoms with Gasteiger partial charge in [0.25, 0.3) is 0 Å². The first-order valence-electron chi connectivity index (χ1n) is 9.51. The van der Waals surface area contributed by atoms with Crippen LogP contribution in [0.25, 0.3) is 5.69 Å². The molecule has 2 aromatic carbocycles. The molecule has 146 valence electrons. The molecule has 4 nitrogen and oxygen atoms in total. The number of fused-ring (bicyclic) bond motifs is 3. The van der Waals surface area contributed by atoms with E-state index in [9.17, 15) is 8.78 Å². The lowest BCUT2D eigenvalue weighted by Crippen LogP contribution is -2.83. The molecule has 2 heterocycles. The fourth-order valence-corrected chi connectivity index (χ4v) is 3.80. The van der Waals surface area contributed by atoms with Crippen LogP contribution in [-0.2, 0) is 6.54 Å². The van der Waals surface area contributed by atoms with Crippen LogP contribution in [0.5, 0.6) is 11.5 Å². The molecule has 0 spiro atoms. The second-order valence-electron chi connectivity index (χ2n) is 6.66. The Balaban J connectivity index is 1.85. The highest BCUT2D eigenvalue weighted by Gasteiger charge is 2.30. The Morgan fingerprint density at radius 1 is 1.04 bits per heavy atom. The summed E-state index contributed by atoms with van der Waals surface area (Å²) in [5.74, 6) is -0.255. The van der Waals surface area contributed by atoms with Crippen molar-refractivity contribution in [1.29, 1.82) is 0 Å². The van der Waals surface area contributed by atoms with Crippen molar-refractivity contribution in [3.05, 3.63) is 77.1 Å². The minimum absolute atomic E-state index is 0.336. The quantitative estimate of drug-likeness (QED) is 0.727. The topological polar surface area (TPSA) is 40.0 Å². The van der Waals surface area contributed by atoms with Gasteiger partial charge in [0, 0.05) is 17.8 Å². The van der Waals surface area contributed by atoms with Crippen molar-refractivity contribution >= 4 is 0 Å². The third-order valence-corrected chi connectivity index (χ3v) is 4.99. The molecule has 1 unspecified atom stereocenters. The molecule has 3 aromatic rings. The van der Waals surface area contributed by atoms with E-state index in [1.54, 1.807) is 12.1 Å². The summed E-state index contributed by atoms with van der Waals surface area (Å²) in [6.45, 7) is 5.53. The Morgan fingerprint density at radius 2 is 1.79 bits per heavy atom. The Hall–Kier alpha value is -2.86. The fraction of sp³-hybridized carbons (Fsp3) is 0.273. The largest absolute Gasteiger partial charge is 0.490 e. The summed E-state index contributed by atoms with van der Waals surface area (Å²) in [5, 5.41) is 2.02. The third-order valence-electron chi connectivity index (χ3n) is 4.99. The number of nitrogens with two attached hydrogens (primary N) is 1. The van der Waals surface area contributed by atoms with Gasteiger partial charge in [-0.1, -0.05) is 6.07 Å². The van der Waals surface area contributed by atoms with E-state index in [0.717, 1.165) is 23.0 Å². The van der Waals surface area contributed by atoms with Crippen LogP contribution in [-0.4, -0.2) is 17.8 Å². The molecule has 0 amide bonds. The van der Waals surface area contributed by atoms with Gasteiger partial charge < -0.3 is 19.4 Å². The van der Waals surface area contributed by atoms with Crippen LogP contribution in [0.3, 0.4) is 0 Å². The van der Waals surface area contributed by atoms with Crippen LogP contribution in [0.4, 0.5) is 8.78 Å². The zero-order valence-corrected chi connectivity index (χ0v) is 15.9.